The van der Waals surface area contributed by atoms with Crippen LogP contribution in [0.1, 0.15) is 12.0 Å². The van der Waals surface area contributed by atoms with E-state index in [0.29, 0.717) is 18.5 Å². The van der Waals surface area contributed by atoms with E-state index in [1.165, 1.54) is 31.4 Å². The van der Waals surface area contributed by atoms with E-state index in [0.717, 1.165) is 0 Å². The first-order valence-electron chi connectivity index (χ1n) is 9.20. The fourth-order valence-electron chi connectivity index (χ4n) is 2.97. The Balaban J connectivity index is 1.85. The Morgan fingerprint density at radius 2 is 1.83 bits per heavy atom. The standard InChI is InChI=1S/C20H23N3O5S2/c1-16-8-9-17(29(24,25)19-7-4-3-6-18(19)28-2)14-20(16)30(26,27)22-10-5-12-23-13-11-21-15-23/h3-4,6-9,11,13-15,22H,5,10,12H2,1-2H3. The van der Waals surface area contributed by atoms with Crippen molar-refractivity contribution in [2.75, 3.05) is 13.7 Å². The Hall–Kier alpha value is -2.69. The minimum Gasteiger partial charge on any atom is -0.495 e. The lowest BCUT2D eigenvalue weighted by Crippen LogP contribution is -2.26. The van der Waals surface area contributed by atoms with Crippen LogP contribution in [0.2, 0.25) is 0 Å². The average Bonchev–Trinajstić information content (AvgIpc) is 3.25. The van der Waals surface area contributed by atoms with E-state index in [1.807, 2.05) is 4.57 Å². The monoisotopic (exact) mass is 449 g/mol. The number of imidazole rings is 1. The maximum absolute atomic E-state index is 13.1. The number of para-hydroxylation sites is 1. The largest absolute Gasteiger partial charge is 0.495 e. The smallest absolute Gasteiger partial charge is 0.240 e. The van der Waals surface area contributed by atoms with Crippen LogP contribution in [0.15, 0.2) is 75.9 Å². The fraction of sp³-hybridized carbons (Fsp3) is 0.250. The molecular weight excluding hydrogens is 426 g/mol. The van der Waals surface area contributed by atoms with Crippen molar-refractivity contribution in [1.29, 1.82) is 0 Å². The average molecular weight is 450 g/mol. The third kappa shape index (κ3) is 4.72. The molecule has 8 nitrogen and oxygen atoms in total. The Bertz CT molecular complexity index is 1220. The summed E-state index contributed by atoms with van der Waals surface area (Å²) in [7, 11) is -6.46. The number of sulfone groups is 1. The highest BCUT2D eigenvalue weighted by Gasteiger charge is 2.25. The molecule has 10 heteroatoms. The van der Waals surface area contributed by atoms with E-state index in [2.05, 4.69) is 9.71 Å². The minimum absolute atomic E-state index is 0.0204. The predicted molar refractivity (Wildman–Crippen MR) is 112 cm³/mol. The van der Waals surface area contributed by atoms with Gasteiger partial charge in [-0.15, -0.1) is 0 Å². The van der Waals surface area contributed by atoms with E-state index < -0.39 is 19.9 Å². The first kappa shape index (κ1) is 22.0. The second-order valence-electron chi connectivity index (χ2n) is 6.63. The number of aromatic nitrogens is 2. The summed E-state index contributed by atoms with van der Waals surface area (Å²) in [5.41, 5.74) is 0.455. The predicted octanol–water partition coefficient (Wildman–Crippen LogP) is 2.40. The molecule has 0 amide bonds. The zero-order valence-electron chi connectivity index (χ0n) is 16.6. The van der Waals surface area contributed by atoms with Crippen LogP contribution >= 0.6 is 0 Å². The van der Waals surface area contributed by atoms with Gasteiger partial charge in [-0.25, -0.2) is 26.5 Å². The molecule has 0 radical (unpaired) electrons. The first-order chi connectivity index (χ1) is 14.3. The molecule has 30 heavy (non-hydrogen) atoms. The zero-order chi connectivity index (χ0) is 21.8. The number of rotatable bonds is 9. The molecule has 0 aliphatic rings. The van der Waals surface area contributed by atoms with Gasteiger partial charge in [0.15, 0.2) is 0 Å². The fourth-order valence-corrected chi connectivity index (χ4v) is 5.84. The quantitative estimate of drug-likeness (QED) is 0.503. The summed E-state index contributed by atoms with van der Waals surface area (Å²) in [5, 5.41) is 0. The van der Waals surface area contributed by atoms with Crippen LogP contribution in [-0.2, 0) is 26.4 Å². The van der Waals surface area contributed by atoms with Crippen molar-refractivity contribution in [1.82, 2.24) is 14.3 Å². The highest BCUT2D eigenvalue weighted by Crippen LogP contribution is 2.30. The van der Waals surface area contributed by atoms with Gasteiger partial charge in [0.1, 0.15) is 10.6 Å². The van der Waals surface area contributed by atoms with Gasteiger partial charge in [0.25, 0.3) is 0 Å². The summed E-state index contributed by atoms with van der Waals surface area (Å²) in [4.78, 5) is 3.73. The highest BCUT2D eigenvalue weighted by molar-refractivity contribution is 7.92. The summed E-state index contributed by atoms with van der Waals surface area (Å²) in [5.74, 6) is 0.195. The molecule has 0 fully saturated rings. The molecule has 3 aromatic rings. The number of methoxy groups -OCH3 is 1. The van der Waals surface area contributed by atoms with Crippen LogP contribution in [0.3, 0.4) is 0 Å². The molecule has 0 saturated carbocycles. The second kappa shape index (κ2) is 8.99. The number of benzene rings is 2. The Morgan fingerprint density at radius 3 is 2.53 bits per heavy atom. The molecule has 0 spiro atoms. The topological polar surface area (TPSA) is 107 Å². The molecule has 0 aliphatic heterocycles. The van der Waals surface area contributed by atoms with Crippen LogP contribution in [0.5, 0.6) is 5.75 Å². The van der Waals surface area contributed by atoms with Crippen molar-refractivity contribution in [3.05, 3.63) is 66.7 Å². The molecule has 1 heterocycles. The van der Waals surface area contributed by atoms with Gasteiger partial charge in [0.05, 0.1) is 23.2 Å². The van der Waals surface area contributed by atoms with E-state index >= 15 is 0 Å². The molecule has 0 atom stereocenters. The molecule has 0 saturated heterocycles. The van der Waals surface area contributed by atoms with Crippen LogP contribution in [0.25, 0.3) is 0 Å². The maximum Gasteiger partial charge on any atom is 0.240 e. The summed E-state index contributed by atoms with van der Waals surface area (Å²) in [6, 6.07) is 10.3. The van der Waals surface area contributed by atoms with Crippen LogP contribution in [-0.4, -0.2) is 40.0 Å². The van der Waals surface area contributed by atoms with Crippen molar-refractivity contribution in [3.63, 3.8) is 0 Å². The van der Waals surface area contributed by atoms with E-state index in [4.69, 9.17) is 4.74 Å². The normalized spacial score (nSPS) is 12.1. The Morgan fingerprint density at radius 1 is 1.07 bits per heavy atom. The van der Waals surface area contributed by atoms with Crippen LogP contribution in [0, 0.1) is 6.92 Å². The van der Waals surface area contributed by atoms with Crippen molar-refractivity contribution < 1.29 is 21.6 Å². The zero-order valence-corrected chi connectivity index (χ0v) is 18.3. The van der Waals surface area contributed by atoms with Crippen molar-refractivity contribution in [3.8, 4) is 5.75 Å². The molecule has 2 aromatic carbocycles. The Kier molecular flexibility index (Phi) is 6.59. The molecule has 0 bridgehead atoms. The number of nitrogens with one attached hydrogen (secondary N) is 1. The highest BCUT2D eigenvalue weighted by atomic mass is 32.2. The first-order valence-corrected chi connectivity index (χ1v) is 12.2. The van der Waals surface area contributed by atoms with Gasteiger partial charge >= 0.3 is 0 Å². The van der Waals surface area contributed by atoms with E-state index in [-0.39, 0.29) is 27.0 Å². The van der Waals surface area contributed by atoms with Gasteiger partial charge in [0.2, 0.25) is 19.9 Å². The molecule has 160 valence electrons. The minimum atomic E-state index is -3.96. The SMILES string of the molecule is COc1ccccc1S(=O)(=O)c1ccc(C)c(S(=O)(=O)NCCCn2ccnc2)c1. The number of aryl methyl sites for hydroxylation is 2. The van der Waals surface area contributed by atoms with E-state index in [9.17, 15) is 16.8 Å². The van der Waals surface area contributed by atoms with Crippen molar-refractivity contribution in [2.24, 2.45) is 0 Å². The van der Waals surface area contributed by atoms with Gasteiger partial charge < -0.3 is 9.30 Å². The van der Waals surface area contributed by atoms with E-state index in [1.54, 1.807) is 43.8 Å². The van der Waals surface area contributed by atoms with Gasteiger partial charge in [0, 0.05) is 25.5 Å². The molecule has 1 N–H and O–H groups in total. The summed E-state index contributed by atoms with van der Waals surface area (Å²) in [6.45, 7) is 2.45. The second-order valence-corrected chi connectivity index (χ2v) is 10.3. The number of hydrogen-bond acceptors (Lipinski definition) is 6. The summed E-state index contributed by atoms with van der Waals surface area (Å²) in [6.07, 6.45) is 5.67. The molecular formula is C20H23N3O5S2. The molecule has 1 aromatic heterocycles. The summed E-state index contributed by atoms with van der Waals surface area (Å²) < 4.78 is 61.3. The lowest BCUT2D eigenvalue weighted by molar-refractivity contribution is 0.402. The third-order valence-electron chi connectivity index (χ3n) is 4.56. The number of hydrogen-bond donors (Lipinski definition) is 1. The van der Waals surface area contributed by atoms with Gasteiger partial charge in [-0.3, -0.25) is 0 Å². The third-order valence-corrected chi connectivity index (χ3v) is 7.96. The van der Waals surface area contributed by atoms with Crippen LogP contribution in [0.4, 0.5) is 0 Å². The Labute approximate surface area is 176 Å². The number of sulfonamides is 1. The van der Waals surface area contributed by atoms with Crippen molar-refractivity contribution in [2.45, 2.75) is 34.6 Å². The van der Waals surface area contributed by atoms with Gasteiger partial charge in [-0.05, 0) is 43.2 Å². The van der Waals surface area contributed by atoms with Gasteiger partial charge in [-0.1, -0.05) is 18.2 Å². The lowest BCUT2D eigenvalue weighted by atomic mass is 10.2. The molecule has 0 aliphatic carbocycles. The van der Waals surface area contributed by atoms with Gasteiger partial charge in [-0.2, -0.15) is 0 Å². The molecule has 0 unspecified atom stereocenters. The summed E-state index contributed by atoms with van der Waals surface area (Å²) >= 11 is 0. The van der Waals surface area contributed by atoms with Crippen LogP contribution < -0.4 is 9.46 Å². The molecule has 3 rings (SSSR count). The lowest BCUT2D eigenvalue weighted by Gasteiger charge is -2.13. The number of nitrogens with zero attached hydrogens (tertiary/aromatic N) is 2. The number of ether oxygens (including phenoxy) is 1. The van der Waals surface area contributed by atoms with Crippen molar-refractivity contribution >= 4 is 19.9 Å². The maximum atomic E-state index is 13.1.